The van der Waals surface area contributed by atoms with E-state index in [1.54, 1.807) is 6.07 Å². The fourth-order valence-electron chi connectivity index (χ4n) is 2.54. The van der Waals surface area contributed by atoms with Crippen molar-refractivity contribution in [3.63, 3.8) is 0 Å². The van der Waals surface area contributed by atoms with Crippen molar-refractivity contribution in [3.05, 3.63) is 29.8 Å². The third kappa shape index (κ3) is 2.48. The summed E-state index contributed by atoms with van der Waals surface area (Å²) < 4.78 is 18.3. The van der Waals surface area contributed by atoms with Gasteiger partial charge in [0, 0.05) is 13.2 Å². The Morgan fingerprint density at radius 1 is 1.47 bits per heavy atom. The molecule has 1 aromatic heterocycles. The van der Waals surface area contributed by atoms with E-state index >= 15 is 0 Å². The number of pyridine rings is 1. The molecule has 17 heavy (non-hydrogen) atoms. The van der Waals surface area contributed by atoms with Crippen molar-refractivity contribution in [1.82, 2.24) is 4.98 Å². The second-order valence-electron chi connectivity index (χ2n) is 4.64. The lowest BCUT2D eigenvalue weighted by Crippen LogP contribution is -2.46. The molecule has 4 heteroatoms. The van der Waals surface area contributed by atoms with E-state index < -0.39 is 5.54 Å². The molecular weight excluding hydrogens is 219 g/mol. The van der Waals surface area contributed by atoms with Crippen LogP contribution in [0.3, 0.4) is 0 Å². The van der Waals surface area contributed by atoms with Crippen LogP contribution in [0.25, 0.3) is 0 Å². The lowest BCUT2D eigenvalue weighted by atomic mass is 9.75. The molecule has 0 aromatic carbocycles. The van der Waals surface area contributed by atoms with Gasteiger partial charge in [-0.2, -0.15) is 0 Å². The molecule has 1 saturated heterocycles. The third-order valence-electron chi connectivity index (χ3n) is 3.74. The van der Waals surface area contributed by atoms with Gasteiger partial charge >= 0.3 is 0 Å². The van der Waals surface area contributed by atoms with Crippen LogP contribution in [0.1, 0.15) is 31.9 Å². The molecule has 0 amide bonds. The fourth-order valence-corrected chi connectivity index (χ4v) is 2.54. The highest BCUT2D eigenvalue weighted by Crippen LogP contribution is 2.35. The monoisotopic (exact) mass is 238 g/mol. The number of halogens is 1. The first-order chi connectivity index (χ1) is 8.16. The molecule has 0 aliphatic carbocycles. The van der Waals surface area contributed by atoms with Gasteiger partial charge < -0.3 is 10.5 Å². The van der Waals surface area contributed by atoms with Crippen molar-refractivity contribution < 1.29 is 9.13 Å². The molecule has 0 spiro atoms. The van der Waals surface area contributed by atoms with Crippen LogP contribution in [-0.4, -0.2) is 18.2 Å². The molecule has 3 nitrogen and oxygen atoms in total. The van der Waals surface area contributed by atoms with Crippen LogP contribution in [-0.2, 0) is 10.3 Å². The molecule has 1 aromatic rings. The zero-order valence-corrected chi connectivity index (χ0v) is 10.2. The Kier molecular flexibility index (Phi) is 3.74. The van der Waals surface area contributed by atoms with Crippen molar-refractivity contribution in [2.24, 2.45) is 11.7 Å². The zero-order chi connectivity index (χ0) is 12.3. The summed E-state index contributed by atoms with van der Waals surface area (Å²) >= 11 is 0. The molecule has 1 atom stereocenters. The molecule has 0 bridgehead atoms. The lowest BCUT2D eigenvalue weighted by molar-refractivity contribution is 0.0350. The van der Waals surface area contributed by atoms with Gasteiger partial charge in [-0.15, -0.1) is 0 Å². The van der Waals surface area contributed by atoms with Gasteiger partial charge in [0.05, 0.1) is 17.4 Å². The molecule has 2 N–H and O–H groups in total. The predicted octanol–water partition coefficient (Wildman–Crippen LogP) is 2.21. The molecule has 2 rings (SSSR count). The smallest absolute Gasteiger partial charge is 0.141 e. The van der Waals surface area contributed by atoms with E-state index in [0.29, 0.717) is 5.92 Å². The summed E-state index contributed by atoms with van der Waals surface area (Å²) in [6, 6.07) is 3.13. The number of rotatable bonds is 3. The lowest BCUT2D eigenvalue weighted by Gasteiger charge is -2.38. The van der Waals surface area contributed by atoms with E-state index in [0.717, 1.165) is 38.2 Å². The summed E-state index contributed by atoms with van der Waals surface area (Å²) in [7, 11) is 0. The second-order valence-corrected chi connectivity index (χ2v) is 4.64. The summed E-state index contributed by atoms with van der Waals surface area (Å²) in [5, 5.41) is 0. The van der Waals surface area contributed by atoms with Crippen LogP contribution in [0, 0.1) is 11.7 Å². The van der Waals surface area contributed by atoms with Gasteiger partial charge in [0.2, 0.25) is 0 Å². The number of aromatic nitrogens is 1. The number of nitrogens with two attached hydrogens (primary N) is 1. The van der Waals surface area contributed by atoms with Crippen molar-refractivity contribution in [3.8, 4) is 0 Å². The van der Waals surface area contributed by atoms with Crippen LogP contribution in [0.4, 0.5) is 4.39 Å². The van der Waals surface area contributed by atoms with E-state index in [1.807, 2.05) is 0 Å². The molecule has 1 unspecified atom stereocenters. The minimum Gasteiger partial charge on any atom is -0.381 e. The SMILES string of the molecule is CCC(N)(c1ccc(F)cn1)C1CCOCC1. The van der Waals surface area contributed by atoms with Gasteiger partial charge in [0.15, 0.2) is 0 Å². The first-order valence-corrected chi connectivity index (χ1v) is 6.15. The van der Waals surface area contributed by atoms with E-state index in [9.17, 15) is 4.39 Å². The van der Waals surface area contributed by atoms with Crippen LogP contribution in [0.15, 0.2) is 18.3 Å². The highest BCUT2D eigenvalue weighted by Gasteiger charge is 2.37. The number of nitrogens with zero attached hydrogens (tertiary/aromatic N) is 1. The molecule has 2 heterocycles. The van der Waals surface area contributed by atoms with Crippen LogP contribution in [0.2, 0.25) is 0 Å². The van der Waals surface area contributed by atoms with E-state index in [1.165, 1.54) is 12.3 Å². The maximum atomic E-state index is 12.9. The van der Waals surface area contributed by atoms with Gasteiger partial charge in [-0.25, -0.2) is 4.39 Å². The Balaban J connectivity index is 2.25. The third-order valence-corrected chi connectivity index (χ3v) is 3.74. The highest BCUT2D eigenvalue weighted by atomic mass is 19.1. The van der Waals surface area contributed by atoms with Gasteiger partial charge in [0.25, 0.3) is 0 Å². The van der Waals surface area contributed by atoms with Gasteiger partial charge in [-0.1, -0.05) is 6.92 Å². The Morgan fingerprint density at radius 3 is 2.71 bits per heavy atom. The molecule has 1 aliphatic heterocycles. The normalized spacial score (nSPS) is 21.1. The minimum atomic E-state index is -0.461. The molecule has 1 aliphatic rings. The molecule has 0 saturated carbocycles. The summed E-state index contributed by atoms with van der Waals surface area (Å²) in [5.41, 5.74) is 6.83. The number of hydrogen-bond donors (Lipinski definition) is 1. The topological polar surface area (TPSA) is 48.1 Å². The standard InChI is InChI=1S/C13H19FN2O/c1-2-13(15,10-5-7-17-8-6-10)12-4-3-11(14)9-16-12/h3-4,9-10H,2,5-8,15H2,1H3. The Hall–Kier alpha value is -1.00. The van der Waals surface area contributed by atoms with Crippen LogP contribution >= 0.6 is 0 Å². The summed E-state index contributed by atoms with van der Waals surface area (Å²) in [6.07, 6.45) is 3.94. The van der Waals surface area contributed by atoms with E-state index in [4.69, 9.17) is 10.5 Å². The molecular formula is C13H19FN2O. The quantitative estimate of drug-likeness (QED) is 0.878. The van der Waals surface area contributed by atoms with E-state index in [-0.39, 0.29) is 5.82 Å². The largest absolute Gasteiger partial charge is 0.381 e. The Labute approximate surface area is 101 Å². The van der Waals surface area contributed by atoms with E-state index in [2.05, 4.69) is 11.9 Å². The van der Waals surface area contributed by atoms with Crippen molar-refractivity contribution in [1.29, 1.82) is 0 Å². The Bertz CT molecular complexity index is 362. The Morgan fingerprint density at radius 2 is 2.18 bits per heavy atom. The number of ether oxygens (including phenoxy) is 1. The summed E-state index contributed by atoms with van der Waals surface area (Å²) in [5.74, 6) is 0.0402. The van der Waals surface area contributed by atoms with Gasteiger partial charge in [-0.05, 0) is 37.3 Å². The molecule has 0 radical (unpaired) electrons. The minimum absolute atomic E-state index is 0.320. The summed E-state index contributed by atoms with van der Waals surface area (Å²) in [6.45, 7) is 3.57. The van der Waals surface area contributed by atoms with Gasteiger partial charge in [-0.3, -0.25) is 4.98 Å². The molecule has 1 fully saturated rings. The van der Waals surface area contributed by atoms with Crippen LogP contribution < -0.4 is 5.73 Å². The molecule has 94 valence electrons. The van der Waals surface area contributed by atoms with Crippen molar-refractivity contribution >= 4 is 0 Å². The van der Waals surface area contributed by atoms with Crippen molar-refractivity contribution in [2.45, 2.75) is 31.7 Å². The summed E-state index contributed by atoms with van der Waals surface area (Å²) in [4.78, 5) is 4.16. The van der Waals surface area contributed by atoms with Crippen molar-refractivity contribution in [2.75, 3.05) is 13.2 Å². The highest BCUT2D eigenvalue weighted by molar-refractivity contribution is 5.17. The van der Waals surface area contributed by atoms with Crippen LogP contribution in [0.5, 0.6) is 0 Å². The fraction of sp³-hybridized carbons (Fsp3) is 0.615. The maximum absolute atomic E-state index is 12.9. The predicted molar refractivity (Wildman–Crippen MR) is 63.9 cm³/mol. The first-order valence-electron chi connectivity index (χ1n) is 6.15. The number of hydrogen-bond acceptors (Lipinski definition) is 3. The average Bonchev–Trinajstić information content (AvgIpc) is 2.40. The zero-order valence-electron chi connectivity index (χ0n) is 10.2. The van der Waals surface area contributed by atoms with Gasteiger partial charge in [0.1, 0.15) is 5.82 Å². The second kappa shape index (κ2) is 5.10. The maximum Gasteiger partial charge on any atom is 0.141 e. The first kappa shape index (κ1) is 12.5. The average molecular weight is 238 g/mol.